The van der Waals surface area contributed by atoms with E-state index in [4.69, 9.17) is 24.5 Å². The van der Waals surface area contributed by atoms with E-state index in [-0.39, 0.29) is 0 Å². The second-order valence-corrected chi connectivity index (χ2v) is 2.67. The van der Waals surface area contributed by atoms with Gasteiger partial charge in [0.1, 0.15) is 24.4 Å². The molecule has 0 bridgehead atoms. The van der Waals surface area contributed by atoms with Gasteiger partial charge < -0.3 is 30.6 Å². The molecule has 6 heteroatoms. The minimum atomic E-state index is -2.93. The molecule has 0 saturated heterocycles. The molecule has 6 nitrogen and oxygen atoms in total. The molecule has 5 atom stereocenters. The van der Waals surface area contributed by atoms with Gasteiger partial charge in [-0.3, -0.25) is 0 Å². The smallest absolute Gasteiger partial charge is 0.111 e. The van der Waals surface area contributed by atoms with Gasteiger partial charge in [0.15, 0.2) is 0 Å². The highest BCUT2D eigenvalue weighted by atomic mass is 16.4. The zero-order valence-corrected chi connectivity index (χ0v) is 6.78. The fourth-order valence-corrected chi connectivity index (χ4v) is 0.724. The summed E-state index contributed by atoms with van der Waals surface area (Å²) in [7, 11) is 0. The van der Waals surface area contributed by atoms with E-state index in [9.17, 15) is 10.2 Å². The van der Waals surface area contributed by atoms with Gasteiger partial charge in [-0.05, 0) is 6.85 Å². The Labute approximate surface area is 79.9 Å². The van der Waals surface area contributed by atoms with E-state index in [0.29, 0.717) is 0 Å². The molecular weight excluding hydrogens is 180 g/mol. The Balaban J connectivity index is 4.55. The minimum absolute atomic E-state index is 0.880. The van der Waals surface area contributed by atoms with Gasteiger partial charge in [0.2, 0.25) is 0 Å². The predicted molar refractivity (Wildman–Crippen MR) is 42.8 cm³/mol. The lowest BCUT2D eigenvalue weighted by Gasteiger charge is -2.26. The predicted octanol–water partition coefficient (Wildman–Crippen LogP) is -3.20. The Kier molecular flexibility index (Phi) is 3.42. The number of aliphatic hydroxyl groups excluding tert-OH is 6. The van der Waals surface area contributed by atoms with Crippen molar-refractivity contribution < 1.29 is 34.8 Å². The number of rotatable bonds is 5. The lowest BCUT2D eigenvalue weighted by Crippen LogP contribution is -2.49. The van der Waals surface area contributed by atoms with E-state index in [2.05, 4.69) is 0 Å². The molecule has 0 aliphatic carbocycles. The van der Waals surface area contributed by atoms with Crippen molar-refractivity contribution in [1.29, 1.82) is 0 Å². The van der Waals surface area contributed by atoms with Crippen LogP contribution in [-0.4, -0.2) is 67.8 Å². The first-order chi connectivity index (χ1) is 7.12. The SMILES string of the molecule is [2H]C([2H])([2H])C(O)[C@H](O)[C@@H](O)[C@H](O)[C@H](O)CO. The van der Waals surface area contributed by atoms with Crippen molar-refractivity contribution in [2.45, 2.75) is 37.4 Å². The zero-order chi connectivity index (χ0) is 13.1. The summed E-state index contributed by atoms with van der Waals surface area (Å²) in [6.45, 7) is -3.81. The van der Waals surface area contributed by atoms with Crippen molar-refractivity contribution in [2.24, 2.45) is 0 Å². The average molecular weight is 199 g/mol. The third-order valence-corrected chi connectivity index (χ3v) is 1.60. The lowest BCUT2D eigenvalue weighted by molar-refractivity contribution is -0.137. The summed E-state index contributed by atoms with van der Waals surface area (Å²) >= 11 is 0. The first kappa shape index (κ1) is 8.10. The number of hydrogen-bond donors (Lipinski definition) is 6. The lowest BCUT2D eigenvalue weighted by atomic mass is 10.0. The van der Waals surface area contributed by atoms with Gasteiger partial charge in [-0.15, -0.1) is 0 Å². The van der Waals surface area contributed by atoms with E-state index >= 15 is 0 Å². The third kappa shape index (κ3) is 3.55. The maximum absolute atomic E-state index is 9.24. The van der Waals surface area contributed by atoms with Crippen molar-refractivity contribution in [3.05, 3.63) is 0 Å². The van der Waals surface area contributed by atoms with Gasteiger partial charge in [-0.25, -0.2) is 0 Å². The van der Waals surface area contributed by atoms with E-state index in [1.165, 1.54) is 0 Å². The molecule has 0 aliphatic rings. The molecule has 0 radical (unpaired) electrons. The molecule has 80 valence electrons. The van der Waals surface area contributed by atoms with Crippen LogP contribution in [0.4, 0.5) is 0 Å². The zero-order valence-electron chi connectivity index (χ0n) is 9.78. The Bertz CT molecular complexity index is 211. The highest BCUT2D eigenvalue weighted by Crippen LogP contribution is 2.07. The van der Waals surface area contributed by atoms with Gasteiger partial charge in [-0.1, -0.05) is 0 Å². The van der Waals surface area contributed by atoms with Crippen molar-refractivity contribution >= 4 is 0 Å². The van der Waals surface area contributed by atoms with Crippen LogP contribution in [0, 0.1) is 0 Å². The summed E-state index contributed by atoms with van der Waals surface area (Å²) < 4.78 is 20.3. The van der Waals surface area contributed by atoms with E-state index in [1.807, 2.05) is 0 Å². The summed E-state index contributed by atoms with van der Waals surface area (Å²) in [5.74, 6) is 0. The van der Waals surface area contributed by atoms with Crippen molar-refractivity contribution in [3.63, 3.8) is 0 Å². The van der Waals surface area contributed by atoms with Crippen LogP contribution in [0.3, 0.4) is 0 Å². The molecule has 0 aliphatic heterocycles. The first-order valence-corrected chi connectivity index (χ1v) is 3.64. The topological polar surface area (TPSA) is 121 Å². The van der Waals surface area contributed by atoms with Gasteiger partial charge in [-0.2, -0.15) is 0 Å². The van der Waals surface area contributed by atoms with Gasteiger partial charge in [0.05, 0.1) is 12.7 Å². The fourth-order valence-electron chi connectivity index (χ4n) is 0.724. The molecule has 13 heavy (non-hydrogen) atoms. The normalized spacial score (nSPS) is 27.7. The maximum atomic E-state index is 9.24. The maximum Gasteiger partial charge on any atom is 0.111 e. The van der Waals surface area contributed by atoms with E-state index in [1.54, 1.807) is 0 Å². The molecule has 0 aromatic carbocycles. The van der Waals surface area contributed by atoms with Crippen LogP contribution in [-0.2, 0) is 0 Å². The Morgan fingerprint density at radius 1 is 1.00 bits per heavy atom. The van der Waals surface area contributed by atoms with Crippen LogP contribution < -0.4 is 0 Å². The molecule has 1 unspecified atom stereocenters. The Hall–Kier alpha value is -0.240. The van der Waals surface area contributed by atoms with Crippen LogP contribution in [0.2, 0.25) is 0 Å². The molecular formula is C7H16O6. The van der Waals surface area contributed by atoms with Crippen LogP contribution in [0.1, 0.15) is 11.0 Å². The van der Waals surface area contributed by atoms with Crippen LogP contribution in [0.25, 0.3) is 0 Å². The van der Waals surface area contributed by atoms with Crippen LogP contribution >= 0.6 is 0 Å². The monoisotopic (exact) mass is 199 g/mol. The Morgan fingerprint density at radius 2 is 1.54 bits per heavy atom. The average Bonchev–Trinajstić information content (AvgIpc) is 2.22. The highest BCUT2D eigenvalue weighted by Gasteiger charge is 2.32. The van der Waals surface area contributed by atoms with Crippen molar-refractivity contribution in [1.82, 2.24) is 0 Å². The molecule has 0 aromatic heterocycles. The summed E-state index contributed by atoms with van der Waals surface area (Å²) in [5, 5.41) is 54.1. The fraction of sp³-hybridized carbons (Fsp3) is 1.00. The number of hydrogen-bond acceptors (Lipinski definition) is 6. The third-order valence-electron chi connectivity index (χ3n) is 1.60. The minimum Gasteiger partial charge on any atom is -0.394 e. The molecule has 0 aromatic rings. The van der Waals surface area contributed by atoms with Gasteiger partial charge >= 0.3 is 0 Å². The second-order valence-electron chi connectivity index (χ2n) is 2.67. The molecule has 0 fully saturated rings. The van der Waals surface area contributed by atoms with Gasteiger partial charge in [0.25, 0.3) is 0 Å². The molecule has 0 spiro atoms. The summed E-state index contributed by atoms with van der Waals surface area (Å²) in [6.07, 6.45) is -10.2. The van der Waals surface area contributed by atoms with E-state index < -0.39 is 44.0 Å². The number of aliphatic hydroxyl groups is 6. The van der Waals surface area contributed by atoms with Crippen molar-refractivity contribution in [3.8, 4) is 0 Å². The molecule has 0 heterocycles. The van der Waals surface area contributed by atoms with Crippen LogP contribution in [0.5, 0.6) is 0 Å². The first-order valence-electron chi connectivity index (χ1n) is 5.14. The second kappa shape index (κ2) is 5.48. The molecule has 0 saturated carbocycles. The quantitative estimate of drug-likeness (QED) is 0.277. The molecule has 6 N–H and O–H groups in total. The summed E-state index contributed by atoms with van der Waals surface area (Å²) in [6, 6.07) is 0. The Morgan fingerprint density at radius 3 is 1.92 bits per heavy atom. The molecule has 0 amide bonds. The van der Waals surface area contributed by atoms with Gasteiger partial charge in [0, 0.05) is 4.11 Å². The van der Waals surface area contributed by atoms with Crippen molar-refractivity contribution in [2.75, 3.05) is 6.61 Å². The summed E-state index contributed by atoms with van der Waals surface area (Å²) in [5.41, 5.74) is 0. The largest absolute Gasteiger partial charge is 0.394 e. The summed E-state index contributed by atoms with van der Waals surface area (Å²) in [4.78, 5) is 0. The van der Waals surface area contributed by atoms with E-state index in [0.717, 1.165) is 0 Å². The standard InChI is InChI=1S/C7H16O6/c1-3(9)5(11)7(13)6(12)4(10)2-8/h3-13H,2H2,1H3/t3?,4-,5+,6-,7-/m1/s1/i1D3. The highest BCUT2D eigenvalue weighted by molar-refractivity contribution is 4.82. The van der Waals surface area contributed by atoms with Crippen LogP contribution in [0.15, 0.2) is 0 Å². The molecule has 0 rings (SSSR count).